The molecule has 0 radical (unpaired) electrons. The van der Waals surface area contributed by atoms with Gasteiger partial charge in [0.1, 0.15) is 0 Å². The number of nitrogens with two attached hydrogens (primary N) is 1. The quantitative estimate of drug-likeness (QED) is 0.645. The molecule has 0 saturated carbocycles. The van der Waals surface area contributed by atoms with Crippen molar-refractivity contribution in [3.8, 4) is 0 Å². The van der Waals surface area contributed by atoms with Crippen molar-refractivity contribution in [3.63, 3.8) is 0 Å². The lowest BCUT2D eigenvalue weighted by Gasteiger charge is -2.17. The third kappa shape index (κ3) is 3.92. The Labute approximate surface area is 122 Å². The second kappa shape index (κ2) is 6.69. The molecule has 106 valence electrons. The van der Waals surface area contributed by atoms with Crippen molar-refractivity contribution in [1.29, 1.82) is 0 Å². The highest BCUT2D eigenvalue weighted by Gasteiger charge is 2.09. The maximum atomic E-state index is 5.72. The van der Waals surface area contributed by atoms with Crippen LogP contribution in [0.15, 0.2) is 42.5 Å². The molecule has 2 aromatic carbocycles. The molecule has 1 unspecified atom stereocenters. The third-order valence-electron chi connectivity index (χ3n) is 3.89. The Kier molecular flexibility index (Phi) is 4.94. The van der Waals surface area contributed by atoms with Gasteiger partial charge in [-0.1, -0.05) is 48.0 Å². The summed E-state index contributed by atoms with van der Waals surface area (Å²) in [5.41, 5.74) is 9.58. The van der Waals surface area contributed by atoms with Crippen LogP contribution in [0.2, 0.25) is 0 Å². The number of hydrogen-bond acceptors (Lipinski definition) is 2. The number of rotatable bonds is 5. The Morgan fingerprint density at radius 3 is 2.05 bits per heavy atom. The molecule has 0 spiro atoms. The molecule has 0 fully saturated rings. The highest BCUT2D eigenvalue weighted by Crippen LogP contribution is 2.14. The molecule has 0 aliphatic heterocycles. The SMILES string of the molecule is Cc1ccc(CC(Cc2ccc(C)c(C)c2)NN)cc1. The number of nitrogens with one attached hydrogen (secondary N) is 1. The Morgan fingerprint density at radius 1 is 0.850 bits per heavy atom. The molecular formula is C18H24N2. The van der Waals surface area contributed by atoms with Crippen LogP contribution >= 0.6 is 0 Å². The summed E-state index contributed by atoms with van der Waals surface area (Å²) in [4.78, 5) is 0. The molecule has 20 heavy (non-hydrogen) atoms. The topological polar surface area (TPSA) is 38.0 Å². The first-order chi connectivity index (χ1) is 9.58. The van der Waals surface area contributed by atoms with Gasteiger partial charge in [-0.25, -0.2) is 0 Å². The average molecular weight is 268 g/mol. The maximum absolute atomic E-state index is 5.72. The van der Waals surface area contributed by atoms with Crippen molar-refractivity contribution < 1.29 is 0 Å². The Hall–Kier alpha value is -1.64. The molecule has 1 atom stereocenters. The van der Waals surface area contributed by atoms with Crippen molar-refractivity contribution >= 4 is 0 Å². The molecule has 0 aromatic heterocycles. The third-order valence-corrected chi connectivity index (χ3v) is 3.89. The van der Waals surface area contributed by atoms with Crippen LogP contribution in [0.4, 0.5) is 0 Å². The minimum absolute atomic E-state index is 0.264. The van der Waals surface area contributed by atoms with E-state index in [1.807, 2.05) is 0 Å². The van der Waals surface area contributed by atoms with Gasteiger partial charge in [-0.2, -0.15) is 0 Å². The summed E-state index contributed by atoms with van der Waals surface area (Å²) in [5.74, 6) is 5.72. The molecule has 0 heterocycles. The lowest BCUT2D eigenvalue weighted by atomic mass is 9.97. The van der Waals surface area contributed by atoms with E-state index in [-0.39, 0.29) is 6.04 Å². The van der Waals surface area contributed by atoms with Crippen LogP contribution in [0.25, 0.3) is 0 Å². The van der Waals surface area contributed by atoms with Crippen molar-refractivity contribution in [2.75, 3.05) is 0 Å². The lowest BCUT2D eigenvalue weighted by molar-refractivity contribution is 0.522. The molecule has 2 rings (SSSR count). The number of hydrogen-bond donors (Lipinski definition) is 2. The minimum Gasteiger partial charge on any atom is -0.271 e. The van der Waals surface area contributed by atoms with E-state index in [0.29, 0.717) is 0 Å². The summed E-state index contributed by atoms with van der Waals surface area (Å²) in [6, 6.07) is 15.6. The van der Waals surface area contributed by atoms with Crippen LogP contribution < -0.4 is 11.3 Å². The summed E-state index contributed by atoms with van der Waals surface area (Å²) in [5, 5.41) is 0. The van der Waals surface area contributed by atoms with Crippen LogP contribution in [0.3, 0.4) is 0 Å². The largest absolute Gasteiger partial charge is 0.271 e. The fraction of sp³-hybridized carbons (Fsp3) is 0.333. The average Bonchev–Trinajstić information content (AvgIpc) is 2.44. The summed E-state index contributed by atoms with van der Waals surface area (Å²) < 4.78 is 0. The summed E-state index contributed by atoms with van der Waals surface area (Å²) in [6.45, 7) is 6.41. The summed E-state index contributed by atoms with van der Waals surface area (Å²) in [6.07, 6.45) is 1.90. The van der Waals surface area contributed by atoms with Crippen LogP contribution in [-0.4, -0.2) is 6.04 Å². The van der Waals surface area contributed by atoms with Gasteiger partial charge in [-0.05, 0) is 55.9 Å². The fourth-order valence-electron chi connectivity index (χ4n) is 2.41. The molecule has 0 bridgehead atoms. The van der Waals surface area contributed by atoms with E-state index in [4.69, 9.17) is 5.84 Å². The smallest absolute Gasteiger partial charge is 0.0291 e. The second-order valence-corrected chi connectivity index (χ2v) is 5.68. The normalized spacial score (nSPS) is 12.4. The Balaban J connectivity index is 2.04. The number of benzene rings is 2. The number of aryl methyl sites for hydroxylation is 3. The predicted molar refractivity (Wildman–Crippen MR) is 85.6 cm³/mol. The number of hydrazine groups is 1. The van der Waals surface area contributed by atoms with Crippen molar-refractivity contribution in [2.45, 2.75) is 39.7 Å². The standard InChI is InChI=1S/C18H24N2/c1-13-4-7-16(8-5-13)11-18(20-19)12-17-9-6-14(2)15(3)10-17/h4-10,18,20H,11-12,19H2,1-3H3. The second-order valence-electron chi connectivity index (χ2n) is 5.68. The molecule has 0 aliphatic rings. The van der Waals surface area contributed by atoms with E-state index in [0.717, 1.165) is 12.8 Å². The van der Waals surface area contributed by atoms with E-state index in [9.17, 15) is 0 Å². The highest BCUT2D eigenvalue weighted by molar-refractivity contribution is 5.31. The van der Waals surface area contributed by atoms with Crippen LogP contribution in [0.5, 0.6) is 0 Å². The van der Waals surface area contributed by atoms with Gasteiger partial charge in [0.05, 0.1) is 0 Å². The van der Waals surface area contributed by atoms with Gasteiger partial charge >= 0.3 is 0 Å². The first-order valence-corrected chi connectivity index (χ1v) is 7.16. The zero-order valence-corrected chi connectivity index (χ0v) is 12.6. The monoisotopic (exact) mass is 268 g/mol. The molecule has 0 saturated heterocycles. The van der Waals surface area contributed by atoms with E-state index in [2.05, 4.69) is 68.7 Å². The first-order valence-electron chi connectivity index (χ1n) is 7.16. The minimum atomic E-state index is 0.264. The zero-order chi connectivity index (χ0) is 14.5. The molecule has 0 aliphatic carbocycles. The Morgan fingerprint density at radius 2 is 1.45 bits per heavy atom. The predicted octanol–water partition coefficient (Wildman–Crippen LogP) is 3.23. The lowest BCUT2D eigenvalue weighted by Crippen LogP contribution is -2.38. The maximum Gasteiger partial charge on any atom is 0.0291 e. The van der Waals surface area contributed by atoms with E-state index in [1.54, 1.807) is 0 Å². The molecule has 0 amide bonds. The molecule has 2 nitrogen and oxygen atoms in total. The van der Waals surface area contributed by atoms with Gasteiger partial charge in [0.25, 0.3) is 0 Å². The summed E-state index contributed by atoms with van der Waals surface area (Å²) >= 11 is 0. The van der Waals surface area contributed by atoms with E-state index in [1.165, 1.54) is 27.8 Å². The van der Waals surface area contributed by atoms with Crippen molar-refractivity contribution in [3.05, 3.63) is 70.3 Å². The molecular weight excluding hydrogens is 244 g/mol. The molecule has 3 N–H and O–H groups in total. The molecule has 2 heteroatoms. The van der Waals surface area contributed by atoms with Gasteiger partial charge in [-0.3, -0.25) is 11.3 Å². The van der Waals surface area contributed by atoms with Gasteiger partial charge in [0, 0.05) is 6.04 Å². The van der Waals surface area contributed by atoms with E-state index >= 15 is 0 Å². The van der Waals surface area contributed by atoms with Crippen LogP contribution in [0, 0.1) is 20.8 Å². The van der Waals surface area contributed by atoms with Crippen LogP contribution in [0.1, 0.15) is 27.8 Å². The van der Waals surface area contributed by atoms with Crippen molar-refractivity contribution in [2.24, 2.45) is 5.84 Å². The zero-order valence-electron chi connectivity index (χ0n) is 12.6. The van der Waals surface area contributed by atoms with Gasteiger partial charge in [0.2, 0.25) is 0 Å². The van der Waals surface area contributed by atoms with Gasteiger partial charge < -0.3 is 0 Å². The Bertz CT molecular complexity index is 558. The van der Waals surface area contributed by atoms with Crippen molar-refractivity contribution in [1.82, 2.24) is 5.43 Å². The first kappa shape index (κ1) is 14.8. The summed E-state index contributed by atoms with van der Waals surface area (Å²) in [7, 11) is 0. The van der Waals surface area contributed by atoms with Crippen LogP contribution in [-0.2, 0) is 12.8 Å². The highest BCUT2D eigenvalue weighted by atomic mass is 15.2. The van der Waals surface area contributed by atoms with E-state index < -0.39 is 0 Å². The van der Waals surface area contributed by atoms with Gasteiger partial charge in [-0.15, -0.1) is 0 Å². The fourth-order valence-corrected chi connectivity index (χ4v) is 2.41. The van der Waals surface area contributed by atoms with Gasteiger partial charge in [0.15, 0.2) is 0 Å². The molecule has 2 aromatic rings.